The minimum atomic E-state index is 0.329. The average Bonchev–Trinajstić information content (AvgIpc) is 2.52. The van der Waals surface area contributed by atoms with Crippen LogP contribution >= 0.6 is 0 Å². The number of nitrogens with one attached hydrogen (secondary N) is 1. The summed E-state index contributed by atoms with van der Waals surface area (Å²) in [5.74, 6) is 2.45. The summed E-state index contributed by atoms with van der Waals surface area (Å²) in [6.45, 7) is 7.85. The van der Waals surface area contributed by atoms with Crippen LogP contribution in [-0.4, -0.2) is 26.8 Å². The average molecular weight is 291 g/mol. The van der Waals surface area contributed by atoms with Gasteiger partial charge in [0.1, 0.15) is 11.5 Å². The molecular weight excluding hydrogens is 262 g/mol. The third kappa shape index (κ3) is 2.64. The Morgan fingerprint density at radius 3 is 2.38 bits per heavy atom. The van der Waals surface area contributed by atoms with Crippen LogP contribution in [0, 0.1) is 5.41 Å². The molecule has 0 radical (unpaired) electrons. The Hall–Kier alpha value is -1.22. The van der Waals surface area contributed by atoms with Gasteiger partial charge in [-0.25, -0.2) is 0 Å². The summed E-state index contributed by atoms with van der Waals surface area (Å²) in [4.78, 5) is 0. The molecule has 0 aliphatic heterocycles. The van der Waals surface area contributed by atoms with E-state index in [2.05, 4.69) is 32.2 Å². The molecule has 2 atom stereocenters. The SMILES string of the molecule is CCNC1CC(c2cc(OC)ccc2OC)C1(CC)CC. The molecule has 0 heterocycles. The number of hydrogen-bond donors (Lipinski definition) is 1. The van der Waals surface area contributed by atoms with Crippen LogP contribution in [0.25, 0.3) is 0 Å². The minimum absolute atomic E-state index is 0.329. The molecule has 118 valence electrons. The van der Waals surface area contributed by atoms with Crippen LogP contribution in [0.4, 0.5) is 0 Å². The van der Waals surface area contributed by atoms with Crippen molar-refractivity contribution in [3.8, 4) is 11.5 Å². The maximum absolute atomic E-state index is 5.60. The monoisotopic (exact) mass is 291 g/mol. The van der Waals surface area contributed by atoms with E-state index in [1.807, 2.05) is 12.1 Å². The Balaban J connectivity index is 2.37. The highest BCUT2D eigenvalue weighted by Gasteiger charge is 2.53. The van der Waals surface area contributed by atoms with E-state index in [1.165, 1.54) is 24.8 Å². The van der Waals surface area contributed by atoms with Crippen molar-refractivity contribution in [2.45, 2.75) is 52.0 Å². The summed E-state index contributed by atoms with van der Waals surface area (Å²) < 4.78 is 11.0. The van der Waals surface area contributed by atoms with Crippen molar-refractivity contribution in [3.05, 3.63) is 23.8 Å². The number of rotatable bonds is 7. The van der Waals surface area contributed by atoms with Gasteiger partial charge in [-0.15, -0.1) is 0 Å². The van der Waals surface area contributed by atoms with Crippen LogP contribution in [0.2, 0.25) is 0 Å². The molecule has 1 aromatic rings. The van der Waals surface area contributed by atoms with Gasteiger partial charge in [0.2, 0.25) is 0 Å². The fourth-order valence-corrected chi connectivity index (χ4v) is 4.10. The molecule has 21 heavy (non-hydrogen) atoms. The predicted octanol–water partition coefficient (Wildman–Crippen LogP) is 3.98. The van der Waals surface area contributed by atoms with Crippen molar-refractivity contribution in [1.82, 2.24) is 5.32 Å². The molecule has 1 fully saturated rings. The second-order valence-corrected chi connectivity index (χ2v) is 5.95. The Morgan fingerprint density at radius 2 is 1.86 bits per heavy atom. The Morgan fingerprint density at radius 1 is 1.14 bits per heavy atom. The largest absolute Gasteiger partial charge is 0.497 e. The number of ether oxygens (including phenoxy) is 2. The van der Waals surface area contributed by atoms with Gasteiger partial charge in [-0.2, -0.15) is 0 Å². The summed E-state index contributed by atoms with van der Waals surface area (Å²) >= 11 is 0. The molecule has 0 spiro atoms. The molecule has 3 heteroatoms. The summed E-state index contributed by atoms with van der Waals surface area (Å²) in [5, 5.41) is 3.67. The highest BCUT2D eigenvalue weighted by Crippen LogP contribution is 2.59. The lowest BCUT2D eigenvalue weighted by molar-refractivity contribution is 0.0198. The van der Waals surface area contributed by atoms with Crippen molar-refractivity contribution in [1.29, 1.82) is 0 Å². The molecule has 2 rings (SSSR count). The quantitative estimate of drug-likeness (QED) is 0.824. The first kappa shape index (κ1) is 16.2. The second kappa shape index (κ2) is 6.69. The summed E-state index contributed by atoms with van der Waals surface area (Å²) in [6.07, 6.45) is 3.55. The topological polar surface area (TPSA) is 30.5 Å². The van der Waals surface area contributed by atoms with Gasteiger partial charge < -0.3 is 14.8 Å². The second-order valence-electron chi connectivity index (χ2n) is 5.95. The van der Waals surface area contributed by atoms with Crippen molar-refractivity contribution < 1.29 is 9.47 Å². The van der Waals surface area contributed by atoms with Crippen molar-refractivity contribution in [3.63, 3.8) is 0 Å². The summed E-state index contributed by atoms with van der Waals surface area (Å²) in [5.41, 5.74) is 1.63. The zero-order valence-corrected chi connectivity index (χ0v) is 14.0. The Bertz CT molecular complexity index is 468. The molecule has 0 saturated heterocycles. The maximum Gasteiger partial charge on any atom is 0.122 e. The van der Waals surface area contributed by atoms with E-state index in [-0.39, 0.29) is 0 Å². The number of benzene rings is 1. The lowest BCUT2D eigenvalue weighted by Crippen LogP contribution is -2.58. The van der Waals surface area contributed by atoms with Crippen molar-refractivity contribution in [2.75, 3.05) is 20.8 Å². The fraction of sp³-hybridized carbons (Fsp3) is 0.667. The third-order valence-electron chi connectivity index (χ3n) is 5.44. The van der Waals surface area contributed by atoms with E-state index < -0.39 is 0 Å². The summed E-state index contributed by atoms with van der Waals surface area (Å²) in [6, 6.07) is 6.78. The van der Waals surface area contributed by atoms with Gasteiger partial charge in [0.05, 0.1) is 14.2 Å². The van der Waals surface area contributed by atoms with Crippen LogP contribution in [0.15, 0.2) is 18.2 Å². The molecule has 1 N–H and O–H groups in total. The molecular formula is C18H29NO2. The molecule has 0 bridgehead atoms. The minimum Gasteiger partial charge on any atom is -0.497 e. The Kier molecular flexibility index (Phi) is 5.15. The van der Waals surface area contributed by atoms with E-state index in [1.54, 1.807) is 14.2 Å². The van der Waals surface area contributed by atoms with Crippen LogP contribution in [0.1, 0.15) is 51.5 Å². The molecule has 1 aliphatic rings. The molecule has 1 aliphatic carbocycles. The van der Waals surface area contributed by atoms with Gasteiger partial charge in [-0.05, 0) is 55.3 Å². The zero-order valence-electron chi connectivity index (χ0n) is 14.0. The van der Waals surface area contributed by atoms with Gasteiger partial charge in [0.15, 0.2) is 0 Å². The van der Waals surface area contributed by atoms with Gasteiger partial charge in [-0.3, -0.25) is 0 Å². The van der Waals surface area contributed by atoms with E-state index in [0.29, 0.717) is 17.4 Å². The zero-order chi connectivity index (χ0) is 15.5. The lowest BCUT2D eigenvalue weighted by atomic mass is 9.51. The first-order valence-corrected chi connectivity index (χ1v) is 8.12. The lowest BCUT2D eigenvalue weighted by Gasteiger charge is -2.57. The van der Waals surface area contributed by atoms with Crippen LogP contribution in [0.3, 0.4) is 0 Å². The molecule has 0 amide bonds. The molecule has 3 nitrogen and oxygen atoms in total. The Labute approximate surface area is 129 Å². The molecule has 2 unspecified atom stereocenters. The fourth-order valence-electron chi connectivity index (χ4n) is 4.10. The maximum atomic E-state index is 5.60. The van der Waals surface area contributed by atoms with E-state index >= 15 is 0 Å². The van der Waals surface area contributed by atoms with Crippen LogP contribution in [0.5, 0.6) is 11.5 Å². The third-order valence-corrected chi connectivity index (χ3v) is 5.44. The first-order chi connectivity index (χ1) is 10.2. The van der Waals surface area contributed by atoms with E-state index in [9.17, 15) is 0 Å². The predicted molar refractivity (Wildman–Crippen MR) is 87.4 cm³/mol. The van der Waals surface area contributed by atoms with Crippen molar-refractivity contribution in [2.24, 2.45) is 5.41 Å². The highest BCUT2D eigenvalue weighted by atomic mass is 16.5. The van der Waals surface area contributed by atoms with E-state index in [4.69, 9.17) is 9.47 Å². The van der Waals surface area contributed by atoms with Gasteiger partial charge in [0.25, 0.3) is 0 Å². The number of hydrogen-bond acceptors (Lipinski definition) is 3. The smallest absolute Gasteiger partial charge is 0.122 e. The normalized spacial score (nSPS) is 23.5. The van der Waals surface area contributed by atoms with E-state index in [0.717, 1.165) is 18.0 Å². The molecule has 1 aromatic carbocycles. The highest BCUT2D eigenvalue weighted by molar-refractivity contribution is 5.45. The van der Waals surface area contributed by atoms with Gasteiger partial charge >= 0.3 is 0 Å². The first-order valence-electron chi connectivity index (χ1n) is 8.12. The number of methoxy groups -OCH3 is 2. The van der Waals surface area contributed by atoms with Crippen LogP contribution < -0.4 is 14.8 Å². The van der Waals surface area contributed by atoms with Crippen molar-refractivity contribution >= 4 is 0 Å². The van der Waals surface area contributed by atoms with Crippen LogP contribution in [-0.2, 0) is 0 Å². The standard InChI is InChI=1S/C18H29NO2/c1-6-18(7-2)15(12-17(18)19-8-3)14-11-13(20-4)9-10-16(14)21-5/h9-11,15,17,19H,6-8,12H2,1-5H3. The van der Waals surface area contributed by atoms with Gasteiger partial charge in [0, 0.05) is 11.6 Å². The molecule has 1 saturated carbocycles. The summed E-state index contributed by atoms with van der Waals surface area (Å²) in [7, 11) is 3.48. The molecule has 0 aromatic heterocycles. The van der Waals surface area contributed by atoms with Gasteiger partial charge in [-0.1, -0.05) is 20.8 Å².